The van der Waals surface area contributed by atoms with E-state index >= 15 is 0 Å². The fraction of sp³-hybridized carbons (Fsp3) is 0.471. The third-order valence-corrected chi connectivity index (χ3v) is 4.07. The summed E-state index contributed by atoms with van der Waals surface area (Å²) in [7, 11) is 0. The third kappa shape index (κ3) is 4.09. The van der Waals surface area contributed by atoms with E-state index < -0.39 is 0 Å². The number of pyridine rings is 1. The summed E-state index contributed by atoms with van der Waals surface area (Å²) >= 11 is 0. The Hall–Kier alpha value is -2.37. The Labute approximate surface area is 137 Å². The minimum atomic E-state index is 0.913. The van der Waals surface area contributed by atoms with Crippen molar-refractivity contribution in [2.45, 2.75) is 19.8 Å². The van der Waals surface area contributed by atoms with E-state index in [1.807, 2.05) is 24.4 Å². The lowest BCUT2D eigenvalue weighted by atomic mass is 10.3. The van der Waals surface area contributed by atoms with Crippen molar-refractivity contribution >= 4 is 17.5 Å². The molecule has 0 unspecified atom stereocenters. The van der Waals surface area contributed by atoms with E-state index in [1.165, 1.54) is 6.42 Å². The van der Waals surface area contributed by atoms with Gasteiger partial charge in [0.1, 0.15) is 23.8 Å². The molecule has 1 N–H and O–H groups in total. The summed E-state index contributed by atoms with van der Waals surface area (Å²) in [5, 5.41) is 3.36. The first-order valence-electron chi connectivity index (χ1n) is 8.33. The van der Waals surface area contributed by atoms with Crippen LogP contribution in [-0.4, -0.2) is 47.7 Å². The molecule has 0 aliphatic carbocycles. The SMILES string of the molecule is CCCCNc1cc(N2CCN(c3ccccn3)CC2)ncn1. The van der Waals surface area contributed by atoms with Crippen molar-refractivity contribution in [2.75, 3.05) is 47.8 Å². The molecular weight excluding hydrogens is 288 g/mol. The van der Waals surface area contributed by atoms with Gasteiger partial charge in [0.25, 0.3) is 0 Å². The molecule has 0 amide bonds. The van der Waals surface area contributed by atoms with Gasteiger partial charge < -0.3 is 15.1 Å². The number of nitrogens with one attached hydrogen (secondary N) is 1. The summed E-state index contributed by atoms with van der Waals surface area (Å²) in [5.74, 6) is 2.96. The zero-order valence-corrected chi connectivity index (χ0v) is 13.6. The Morgan fingerprint density at radius 3 is 2.48 bits per heavy atom. The van der Waals surface area contributed by atoms with Crippen molar-refractivity contribution in [1.29, 1.82) is 0 Å². The number of anilines is 3. The lowest BCUT2D eigenvalue weighted by molar-refractivity contribution is 0.641. The lowest BCUT2D eigenvalue weighted by Crippen LogP contribution is -2.47. The lowest BCUT2D eigenvalue weighted by Gasteiger charge is -2.36. The zero-order chi connectivity index (χ0) is 15.9. The number of aromatic nitrogens is 3. The van der Waals surface area contributed by atoms with E-state index in [-0.39, 0.29) is 0 Å². The molecule has 2 aromatic rings. The Balaban J connectivity index is 1.58. The largest absolute Gasteiger partial charge is 0.370 e. The van der Waals surface area contributed by atoms with Crippen molar-refractivity contribution in [3.8, 4) is 0 Å². The van der Waals surface area contributed by atoms with Crippen LogP contribution in [0, 0.1) is 0 Å². The Kier molecular flexibility index (Phi) is 5.24. The average Bonchev–Trinajstić information content (AvgIpc) is 2.63. The van der Waals surface area contributed by atoms with Gasteiger partial charge in [-0.1, -0.05) is 19.4 Å². The highest BCUT2D eigenvalue weighted by Crippen LogP contribution is 2.18. The number of hydrogen-bond donors (Lipinski definition) is 1. The van der Waals surface area contributed by atoms with Crippen LogP contribution in [0.25, 0.3) is 0 Å². The first kappa shape index (κ1) is 15.5. The van der Waals surface area contributed by atoms with Gasteiger partial charge in [-0.15, -0.1) is 0 Å². The summed E-state index contributed by atoms with van der Waals surface area (Å²) < 4.78 is 0. The number of rotatable bonds is 6. The van der Waals surface area contributed by atoms with Crippen molar-refractivity contribution in [2.24, 2.45) is 0 Å². The van der Waals surface area contributed by atoms with Crippen LogP contribution >= 0.6 is 0 Å². The van der Waals surface area contributed by atoms with Gasteiger partial charge in [-0.3, -0.25) is 0 Å². The van der Waals surface area contributed by atoms with E-state index in [1.54, 1.807) is 6.33 Å². The maximum atomic E-state index is 4.43. The number of hydrogen-bond acceptors (Lipinski definition) is 6. The first-order chi connectivity index (χ1) is 11.4. The van der Waals surface area contributed by atoms with Crippen LogP contribution in [-0.2, 0) is 0 Å². The molecular formula is C17H24N6. The van der Waals surface area contributed by atoms with Gasteiger partial charge in [0.15, 0.2) is 0 Å². The molecule has 1 aliphatic rings. The van der Waals surface area contributed by atoms with Crippen LogP contribution in [0.5, 0.6) is 0 Å². The number of piperazine rings is 1. The smallest absolute Gasteiger partial charge is 0.134 e. The molecule has 3 heterocycles. The Morgan fingerprint density at radius 1 is 1.00 bits per heavy atom. The predicted octanol–water partition coefficient (Wildman–Crippen LogP) is 2.41. The van der Waals surface area contributed by atoms with Crippen LogP contribution in [0.1, 0.15) is 19.8 Å². The Morgan fingerprint density at radius 2 is 1.78 bits per heavy atom. The van der Waals surface area contributed by atoms with Crippen molar-refractivity contribution < 1.29 is 0 Å². The van der Waals surface area contributed by atoms with Gasteiger partial charge in [-0.05, 0) is 18.6 Å². The molecule has 0 saturated carbocycles. The second-order valence-corrected chi connectivity index (χ2v) is 5.70. The summed E-state index contributed by atoms with van der Waals surface area (Å²) in [6.07, 6.45) is 5.83. The zero-order valence-electron chi connectivity index (χ0n) is 13.6. The minimum absolute atomic E-state index is 0.913. The molecule has 6 nitrogen and oxygen atoms in total. The van der Waals surface area contributed by atoms with E-state index in [4.69, 9.17) is 0 Å². The van der Waals surface area contributed by atoms with E-state index in [0.717, 1.165) is 56.6 Å². The maximum absolute atomic E-state index is 4.43. The fourth-order valence-corrected chi connectivity index (χ4v) is 2.72. The molecule has 0 atom stereocenters. The molecule has 0 radical (unpaired) electrons. The average molecular weight is 312 g/mol. The molecule has 122 valence electrons. The van der Waals surface area contributed by atoms with Gasteiger partial charge in [0.05, 0.1) is 0 Å². The van der Waals surface area contributed by atoms with Crippen LogP contribution in [0.15, 0.2) is 36.8 Å². The predicted molar refractivity (Wildman–Crippen MR) is 94.1 cm³/mol. The molecule has 2 aromatic heterocycles. The Bertz CT molecular complexity index is 595. The van der Waals surface area contributed by atoms with Gasteiger partial charge >= 0.3 is 0 Å². The standard InChI is InChI=1S/C17H24N6/c1-2-3-7-18-15-13-17(21-14-20-15)23-11-9-22(10-12-23)16-6-4-5-8-19-16/h4-6,8,13-14H,2-3,7,9-12H2,1H3,(H,18,20,21). The van der Waals surface area contributed by atoms with Crippen molar-refractivity contribution in [1.82, 2.24) is 15.0 Å². The van der Waals surface area contributed by atoms with Crippen LogP contribution in [0.4, 0.5) is 17.5 Å². The van der Waals surface area contributed by atoms with Gasteiger partial charge in [-0.25, -0.2) is 15.0 Å². The normalized spacial score (nSPS) is 14.8. The summed E-state index contributed by atoms with van der Waals surface area (Å²) in [5.41, 5.74) is 0. The van der Waals surface area contributed by atoms with Gasteiger partial charge in [0.2, 0.25) is 0 Å². The minimum Gasteiger partial charge on any atom is -0.370 e. The third-order valence-electron chi connectivity index (χ3n) is 4.07. The van der Waals surface area contributed by atoms with E-state index in [2.05, 4.69) is 43.1 Å². The fourth-order valence-electron chi connectivity index (χ4n) is 2.72. The second-order valence-electron chi connectivity index (χ2n) is 5.70. The topological polar surface area (TPSA) is 57.2 Å². The van der Waals surface area contributed by atoms with Gasteiger partial charge in [0, 0.05) is 45.0 Å². The molecule has 6 heteroatoms. The molecule has 1 aliphatic heterocycles. The van der Waals surface area contributed by atoms with Crippen LogP contribution < -0.4 is 15.1 Å². The highest BCUT2D eigenvalue weighted by molar-refractivity contribution is 5.50. The van der Waals surface area contributed by atoms with E-state index in [9.17, 15) is 0 Å². The molecule has 1 saturated heterocycles. The molecule has 1 fully saturated rings. The molecule has 3 rings (SSSR count). The van der Waals surface area contributed by atoms with Crippen molar-refractivity contribution in [3.05, 3.63) is 36.8 Å². The van der Waals surface area contributed by atoms with E-state index in [0.29, 0.717) is 0 Å². The number of nitrogens with zero attached hydrogens (tertiary/aromatic N) is 5. The van der Waals surface area contributed by atoms with Crippen molar-refractivity contribution in [3.63, 3.8) is 0 Å². The highest BCUT2D eigenvalue weighted by atomic mass is 15.3. The number of unbranched alkanes of at least 4 members (excludes halogenated alkanes) is 1. The second kappa shape index (κ2) is 7.76. The summed E-state index contributed by atoms with van der Waals surface area (Å²) in [4.78, 5) is 17.8. The maximum Gasteiger partial charge on any atom is 0.134 e. The van der Waals surface area contributed by atoms with Crippen LogP contribution in [0.3, 0.4) is 0 Å². The van der Waals surface area contributed by atoms with Crippen LogP contribution in [0.2, 0.25) is 0 Å². The van der Waals surface area contributed by atoms with Gasteiger partial charge in [-0.2, -0.15) is 0 Å². The molecule has 23 heavy (non-hydrogen) atoms. The summed E-state index contributed by atoms with van der Waals surface area (Å²) in [6.45, 7) is 6.96. The first-order valence-corrected chi connectivity index (χ1v) is 8.33. The summed E-state index contributed by atoms with van der Waals surface area (Å²) in [6, 6.07) is 8.10. The highest BCUT2D eigenvalue weighted by Gasteiger charge is 2.19. The molecule has 0 spiro atoms. The quantitative estimate of drug-likeness (QED) is 0.827. The molecule has 0 aromatic carbocycles. The molecule has 0 bridgehead atoms. The monoisotopic (exact) mass is 312 g/mol.